The molecule has 1 aliphatic heterocycles. The summed E-state index contributed by atoms with van der Waals surface area (Å²) in [6, 6.07) is 7.85. The fourth-order valence-electron chi connectivity index (χ4n) is 2.10. The summed E-state index contributed by atoms with van der Waals surface area (Å²) in [5.74, 6) is 0. The van der Waals surface area contributed by atoms with Crippen LogP contribution in [-0.4, -0.2) is 48.4 Å². The van der Waals surface area contributed by atoms with Crippen molar-refractivity contribution in [2.24, 2.45) is 0 Å². The number of hydrogen-bond donors (Lipinski definition) is 1. The molecule has 5 heteroatoms. The SMILES string of the molecule is Cc1ccccc1/C=C/NC(=O)N1CCN(C=O)CC1. The van der Waals surface area contributed by atoms with Gasteiger partial charge >= 0.3 is 6.03 Å². The van der Waals surface area contributed by atoms with E-state index in [1.807, 2.05) is 37.3 Å². The summed E-state index contributed by atoms with van der Waals surface area (Å²) < 4.78 is 0. The van der Waals surface area contributed by atoms with Crippen LogP contribution in [0.3, 0.4) is 0 Å². The number of aryl methyl sites for hydroxylation is 1. The number of piperazine rings is 1. The Bertz CT molecular complexity index is 506. The van der Waals surface area contributed by atoms with Crippen molar-refractivity contribution in [3.05, 3.63) is 41.6 Å². The largest absolute Gasteiger partial charge is 0.342 e. The van der Waals surface area contributed by atoms with Crippen LogP contribution in [0.5, 0.6) is 0 Å². The number of nitrogens with zero attached hydrogens (tertiary/aromatic N) is 2. The van der Waals surface area contributed by atoms with Crippen molar-refractivity contribution in [3.8, 4) is 0 Å². The van der Waals surface area contributed by atoms with Crippen LogP contribution in [0.4, 0.5) is 4.79 Å². The molecule has 0 atom stereocenters. The average Bonchev–Trinajstić information content (AvgIpc) is 2.49. The van der Waals surface area contributed by atoms with Crippen LogP contribution in [0.2, 0.25) is 0 Å². The number of rotatable bonds is 3. The van der Waals surface area contributed by atoms with Crippen molar-refractivity contribution >= 4 is 18.5 Å². The molecule has 0 spiro atoms. The Balaban J connectivity index is 1.84. The Labute approximate surface area is 118 Å². The number of carbonyl (C=O) groups is 2. The maximum atomic E-state index is 11.9. The molecule has 0 unspecified atom stereocenters. The quantitative estimate of drug-likeness (QED) is 0.847. The maximum absolute atomic E-state index is 11.9. The summed E-state index contributed by atoms with van der Waals surface area (Å²) in [5.41, 5.74) is 2.25. The lowest BCUT2D eigenvalue weighted by Gasteiger charge is -2.32. The Morgan fingerprint density at radius 1 is 1.20 bits per heavy atom. The zero-order valence-electron chi connectivity index (χ0n) is 11.6. The zero-order valence-corrected chi connectivity index (χ0v) is 11.6. The fraction of sp³-hybridized carbons (Fsp3) is 0.333. The highest BCUT2D eigenvalue weighted by Crippen LogP contribution is 2.08. The number of amides is 3. The van der Waals surface area contributed by atoms with Gasteiger partial charge in [0.2, 0.25) is 6.41 Å². The lowest BCUT2D eigenvalue weighted by atomic mass is 10.1. The minimum Gasteiger partial charge on any atom is -0.342 e. The van der Waals surface area contributed by atoms with E-state index in [1.165, 1.54) is 0 Å². The second-order valence-corrected chi connectivity index (χ2v) is 4.77. The fourth-order valence-corrected chi connectivity index (χ4v) is 2.10. The van der Waals surface area contributed by atoms with E-state index in [9.17, 15) is 9.59 Å². The zero-order chi connectivity index (χ0) is 14.4. The van der Waals surface area contributed by atoms with Gasteiger partial charge in [-0.15, -0.1) is 0 Å². The Morgan fingerprint density at radius 3 is 2.55 bits per heavy atom. The van der Waals surface area contributed by atoms with Gasteiger partial charge in [0.1, 0.15) is 0 Å². The van der Waals surface area contributed by atoms with Crippen molar-refractivity contribution in [2.75, 3.05) is 26.2 Å². The van der Waals surface area contributed by atoms with Crippen LogP contribution in [0, 0.1) is 6.92 Å². The molecule has 5 nitrogen and oxygen atoms in total. The van der Waals surface area contributed by atoms with Gasteiger partial charge in [-0.05, 0) is 24.1 Å². The molecule has 0 bridgehead atoms. The van der Waals surface area contributed by atoms with Crippen molar-refractivity contribution in [2.45, 2.75) is 6.92 Å². The number of benzene rings is 1. The van der Waals surface area contributed by atoms with Gasteiger partial charge in [0.15, 0.2) is 0 Å². The second-order valence-electron chi connectivity index (χ2n) is 4.77. The van der Waals surface area contributed by atoms with E-state index in [0.29, 0.717) is 26.2 Å². The van der Waals surface area contributed by atoms with Crippen LogP contribution < -0.4 is 5.32 Å². The molecule has 106 valence electrons. The number of nitrogens with one attached hydrogen (secondary N) is 1. The molecule has 1 aliphatic rings. The minimum absolute atomic E-state index is 0.125. The molecule has 0 aromatic heterocycles. The van der Waals surface area contributed by atoms with Crippen LogP contribution in [-0.2, 0) is 4.79 Å². The van der Waals surface area contributed by atoms with E-state index in [0.717, 1.165) is 17.5 Å². The van der Waals surface area contributed by atoms with Gasteiger partial charge in [-0.25, -0.2) is 4.79 Å². The highest BCUT2D eigenvalue weighted by atomic mass is 16.2. The molecule has 1 saturated heterocycles. The minimum atomic E-state index is -0.125. The highest BCUT2D eigenvalue weighted by Gasteiger charge is 2.18. The topological polar surface area (TPSA) is 52.7 Å². The molecule has 1 heterocycles. The summed E-state index contributed by atoms with van der Waals surface area (Å²) in [7, 11) is 0. The van der Waals surface area contributed by atoms with E-state index in [4.69, 9.17) is 0 Å². The van der Waals surface area contributed by atoms with E-state index in [-0.39, 0.29) is 6.03 Å². The standard InChI is InChI=1S/C15H19N3O2/c1-13-4-2-3-5-14(13)6-7-16-15(20)18-10-8-17(12-19)9-11-18/h2-7,12H,8-11H2,1H3,(H,16,20)/b7-6+. The predicted octanol–water partition coefficient (Wildman–Crippen LogP) is 1.45. The summed E-state index contributed by atoms with van der Waals surface area (Å²) >= 11 is 0. The predicted molar refractivity (Wildman–Crippen MR) is 78.0 cm³/mol. The molecule has 1 aromatic rings. The molecule has 0 saturated carbocycles. The first kappa shape index (κ1) is 14.1. The summed E-state index contributed by atoms with van der Waals surface area (Å²) in [6.07, 6.45) is 4.37. The summed E-state index contributed by atoms with van der Waals surface area (Å²) in [4.78, 5) is 25.9. The maximum Gasteiger partial charge on any atom is 0.321 e. The van der Waals surface area contributed by atoms with E-state index < -0.39 is 0 Å². The monoisotopic (exact) mass is 273 g/mol. The van der Waals surface area contributed by atoms with Gasteiger partial charge in [0.25, 0.3) is 0 Å². The summed E-state index contributed by atoms with van der Waals surface area (Å²) in [6.45, 7) is 4.36. The van der Waals surface area contributed by atoms with Gasteiger partial charge in [-0.2, -0.15) is 0 Å². The molecule has 2 rings (SSSR count). The van der Waals surface area contributed by atoms with Gasteiger partial charge in [-0.3, -0.25) is 4.79 Å². The summed E-state index contributed by atoms with van der Waals surface area (Å²) in [5, 5.41) is 2.76. The van der Waals surface area contributed by atoms with Gasteiger partial charge in [0.05, 0.1) is 0 Å². The normalized spacial score (nSPS) is 15.4. The van der Waals surface area contributed by atoms with Crippen molar-refractivity contribution in [1.82, 2.24) is 15.1 Å². The molecule has 0 aliphatic carbocycles. The van der Waals surface area contributed by atoms with E-state index in [1.54, 1.807) is 16.0 Å². The van der Waals surface area contributed by atoms with Gasteiger partial charge < -0.3 is 15.1 Å². The third-order valence-corrected chi connectivity index (χ3v) is 3.41. The van der Waals surface area contributed by atoms with Crippen LogP contribution in [0.1, 0.15) is 11.1 Å². The first-order valence-corrected chi connectivity index (χ1v) is 6.67. The molecular formula is C15H19N3O2. The van der Waals surface area contributed by atoms with Gasteiger partial charge in [-0.1, -0.05) is 24.3 Å². The first-order valence-electron chi connectivity index (χ1n) is 6.67. The molecule has 1 N–H and O–H groups in total. The Kier molecular flexibility index (Phi) is 4.76. The van der Waals surface area contributed by atoms with E-state index in [2.05, 4.69) is 5.32 Å². The molecule has 20 heavy (non-hydrogen) atoms. The molecule has 3 amide bonds. The van der Waals surface area contributed by atoms with Crippen molar-refractivity contribution in [3.63, 3.8) is 0 Å². The average molecular weight is 273 g/mol. The number of hydrogen-bond acceptors (Lipinski definition) is 2. The highest BCUT2D eigenvalue weighted by molar-refractivity contribution is 5.76. The first-order chi connectivity index (χ1) is 9.70. The molecule has 1 fully saturated rings. The van der Waals surface area contributed by atoms with Crippen molar-refractivity contribution < 1.29 is 9.59 Å². The lowest BCUT2D eigenvalue weighted by molar-refractivity contribution is -0.119. The van der Waals surface area contributed by atoms with Crippen LogP contribution >= 0.6 is 0 Å². The van der Waals surface area contributed by atoms with Crippen molar-refractivity contribution in [1.29, 1.82) is 0 Å². The Morgan fingerprint density at radius 2 is 1.90 bits per heavy atom. The Hall–Kier alpha value is -2.30. The van der Waals surface area contributed by atoms with Crippen LogP contribution in [0.15, 0.2) is 30.5 Å². The second kappa shape index (κ2) is 6.75. The van der Waals surface area contributed by atoms with Crippen LogP contribution in [0.25, 0.3) is 6.08 Å². The molecule has 1 aromatic carbocycles. The molecule has 0 radical (unpaired) electrons. The number of carbonyl (C=O) groups excluding carboxylic acids is 2. The number of urea groups is 1. The third kappa shape index (κ3) is 3.60. The van der Waals surface area contributed by atoms with Gasteiger partial charge in [0, 0.05) is 32.4 Å². The smallest absolute Gasteiger partial charge is 0.321 e. The molecular weight excluding hydrogens is 254 g/mol. The van der Waals surface area contributed by atoms with E-state index >= 15 is 0 Å². The third-order valence-electron chi connectivity index (χ3n) is 3.41. The lowest BCUT2D eigenvalue weighted by Crippen LogP contribution is -2.50.